The summed E-state index contributed by atoms with van der Waals surface area (Å²) in [4.78, 5) is 26.7. The lowest BCUT2D eigenvalue weighted by Gasteiger charge is -2.31. The van der Waals surface area contributed by atoms with Gasteiger partial charge in [0.25, 0.3) is 5.91 Å². The summed E-state index contributed by atoms with van der Waals surface area (Å²) in [6, 6.07) is 4.25. The Balaban J connectivity index is 1.92. The highest BCUT2D eigenvalue weighted by Gasteiger charge is 2.33. The van der Waals surface area contributed by atoms with Crippen LogP contribution in [0, 0.1) is 18.7 Å². The van der Waals surface area contributed by atoms with Crippen LogP contribution in [-0.2, 0) is 9.53 Å². The van der Waals surface area contributed by atoms with Gasteiger partial charge in [-0.05, 0) is 38.8 Å². The van der Waals surface area contributed by atoms with Gasteiger partial charge in [-0.2, -0.15) is 0 Å². The number of likely N-dealkylation sites (tertiary alicyclic amines) is 1. The van der Waals surface area contributed by atoms with Crippen molar-refractivity contribution in [2.75, 3.05) is 19.7 Å². The van der Waals surface area contributed by atoms with Crippen LogP contribution in [0.4, 0.5) is 4.39 Å². The van der Waals surface area contributed by atoms with Crippen LogP contribution in [0.15, 0.2) is 22.7 Å². The molecule has 1 saturated heterocycles. The van der Waals surface area contributed by atoms with Crippen molar-refractivity contribution < 1.29 is 23.2 Å². The van der Waals surface area contributed by atoms with Gasteiger partial charge in [0.15, 0.2) is 0 Å². The van der Waals surface area contributed by atoms with E-state index in [2.05, 4.69) is 5.16 Å². The molecule has 1 fully saturated rings. The third kappa shape index (κ3) is 3.83. The Kier molecular flexibility index (Phi) is 5.79. The molecule has 6 nitrogen and oxygen atoms in total. The first-order valence-electron chi connectivity index (χ1n) is 8.80. The molecule has 1 amide bonds. The van der Waals surface area contributed by atoms with Gasteiger partial charge in [0.1, 0.15) is 22.8 Å². The van der Waals surface area contributed by atoms with Crippen molar-refractivity contribution in [1.29, 1.82) is 0 Å². The smallest absolute Gasteiger partial charge is 0.310 e. The fraction of sp³-hybridized carbons (Fsp3) is 0.421. The highest BCUT2D eigenvalue weighted by molar-refractivity contribution is 6.33. The number of halogens is 2. The van der Waals surface area contributed by atoms with Crippen molar-refractivity contribution in [3.8, 4) is 11.3 Å². The molecule has 1 atom stereocenters. The molecular formula is C19H20ClFN2O4. The molecule has 8 heteroatoms. The number of carbonyl (C=O) groups excluding carboxylic acids is 2. The van der Waals surface area contributed by atoms with Crippen LogP contribution in [0.2, 0.25) is 5.02 Å². The van der Waals surface area contributed by atoms with E-state index in [9.17, 15) is 14.0 Å². The number of aromatic nitrogens is 1. The summed E-state index contributed by atoms with van der Waals surface area (Å²) in [6.07, 6.45) is 1.34. The maximum Gasteiger partial charge on any atom is 0.310 e. The molecule has 0 N–H and O–H groups in total. The zero-order chi connectivity index (χ0) is 19.6. The van der Waals surface area contributed by atoms with Gasteiger partial charge in [0.05, 0.1) is 23.1 Å². The van der Waals surface area contributed by atoms with Crippen LogP contribution in [0.3, 0.4) is 0 Å². The predicted molar refractivity (Wildman–Crippen MR) is 96.9 cm³/mol. The number of benzene rings is 1. The van der Waals surface area contributed by atoms with Crippen molar-refractivity contribution in [3.05, 3.63) is 40.4 Å². The largest absolute Gasteiger partial charge is 0.466 e. The summed E-state index contributed by atoms with van der Waals surface area (Å²) in [6.45, 7) is 4.36. The van der Waals surface area contributed by atoms with Crippen LogP contribution >= 0.6 is 11.6 Å². The second-order valence-electron chi connectivity index (χ2n) is 6.40. The fourth-order valence-corrected chi connectivity index (χ4v) is 3.54. The normalized spacial score (nSPS) is 17.0. The minimum atomic E-state index is -0.590. The Morgan fingerprint density at radius 2 is 2.22 bits per heavy atom. The fourth-order valence-electron chi connectivity index (χ4n) is 3.29. The van der Waals surface area contributed by atoms with Crippen LogP contribution in [0.25, 0.3) is 11.3 Å². The minimum absolute atomic E-state index is 0.0262. The highest BCUT2D eigenvalue weighted by Crippen LogP contribution is 2.34. The number of hydrogen-bond donors (Lipinski definition) is 0. The maximum absolute atomic E-state index is 14.3. The number of ether oxygens (including phenoxy) is 1. The van der Waals surface area contributed by atoms with Gasteiger partial charge in [-0.25, -0.2) is 4.39 Å². The van der Waals surface area contributed by atoms with E-state index in [0.29, 0.717) is 26.0 Å². The second-order valence-corrected chi connectivity index (χ2v) is 6.81. The molecule has 27 heavy (non-hydrogen) atoms. The Labute approximate surface area is 161 Å². The van der Waals surface area contributed by atoms with Gasteiger partial charge in [-0.1, -0.05) is 22.8 Å². The quantitative estimate of drug-likeness (QED) is 0.736. The molecule has 0 bridgehead atoms. The average Bonchev–Trinajstić information content (AvgIpc) is 3.02. The number of rotatable bonds is 4. The van der Waals surface area contributed by atoms with Gasteiger partial charge < -0.3 is 14.2 Å². The standard InChI is InChI=1S/C19H20ClFN2O4/c1-3-26-19(25)12-6-5-9-23(10-12)18(24)15-11(2)27-22-17(15)16-13(20)7-4-8-14(16)21/h4,7-8,12H,3,5-6,9-10H2,1-2H3. The molecular weight excluding hydrogens is 375 g/mol. The predicted octanol–water partition coefficient (Wildman–Crippen LogP) is 3.86. The number of nitrogens with zero attached hydrogens (tertiary/aromatic N) is 2. The van der Waals surface area contributed by atoms with Crippen molar-refractivity contribution in [1.82, 2.24) is 10.1 Å². The molecule has 1 aliphatic rings. The van der Waals surface area contributed by atoms with Crippen LogP contribution < -0.4 is 0 Å². The summed E-state index contributed by atoms with van der Waals surface area (Å²) in [7, 11) is 0. The molecule has 0 saturated carbocycles. The SMILES string of the molecule is CCOC(=O)C1CCCN(C(=O)c2c(-c3c(F)cccc3Cl)noc2C)C1. The maximum atomic E-state index is 14.3. The van der Waals surface area contributed by atoms with Gasteiger partial charge in [0, 0.05) is 13.1 Å². The lowest BCUT2D eigenvalue weighted by molar-refractivity contribution is -0.149. The molecule has 0 aliphatic carbocycles. The van der Waals surface area contributed by atoms with E-state index in [0.717, 1.165) is 0 Å². The number of aryl methyl sites for hydroxylation is 1. The Morgan fingerprint density at radius 1 is 1.44 bits per heavy atom. The summed E-state index contributed by atoms with van der Waals surface area (Å²) in [5.41, 5.74) is 0.253. The van der Waals surface area contributed by atoms with Gasteiger partial charge in [-0.15, -0.1) is 0 Å². The number of hydrogen-bond acceptors (Lipinski definition) is 5. The zero-order valence-electron chi connectivity index (χ0n) is 15.1. The lowest BCUT2D eigenvalue weighted by Crippen LogP contribution is -2.43. The molecule has 1 aromatic carbocycles. The average molecular weight is 395 g/mol. The molecule has 2 heterocycles. The number of esters is 1. The molecule has 1 aromatic heterocycles. The summed E-state index contributed by atoms with van der Waals surface area (Å²) in [5, 5.41) is 4.01. The van der Waals surface area contributed by atoms with Crippen molar-refractivity contribution in [2.24, 2.45) is 5.92 Å². The van der Waals surface area contributed by atoms with Crippen LogP contribution in [0.5, 0.6) is 0 Å². The minimum Gasteiger partial charge on any atom is -0.466 e. The topological polar surface area (TPSA) is 72.6 Å². The van der Waals surface area contributed by atoms with E-state index in [4.69, 9.17) is 20.9 Å². The first-order valence-corrected chi connectivity index (χ1v) is 9.18. The Hall–Kier alpha value is -2.41. The molecule has 0 radical (unpaired) electrons. The van der Waals surface area contributed by atoms with Gasteiger partial charge in [0.2, 0.25) is 0 Å². The number of piperidine rings is 1. The van der Waals surface area contributed by atoms with E-state index in [1.54, 1.807) is 18.7 Å². The van der Waals surface area contributed by atoms with Crippen molar-refractivity contribution >= 4 is 23.5 Å². The van der Waals surface area contributed by atoms with Gasteiger partial charge >= 0.3 is 5.97 Å². The third-order valence-corrected chi connectivity index (χ3v) is 4.92. The molecule has 1 aliphatic heterocycles. The first kappa shape index (κ1) is 19.4. The van der Waals surface area contributed by atoms with Crippen LogP contribution in [0.1, 0.15) is 35.9 Å². The third-order valence-electron chi connectivity index (χ3n) is 4.60. The Bertz CT molecular complexity index is 847. The summed E-state index contributed by atoms with van der Waals surface area (Å²) in [5.74, 6) is -1.37. The number of carbonyl (C=O) groups is 2. The molecule has 2 aromatic rings. The van der Waals surface area contributed by atoms with E-state index < -0.39 is 5.82 Å². The molecule has 3 rings (SSSR count). The van der Waals surface area contributed by atoms with Gasteiger partial charge in [-0.3, -0.25) is 9.59 Å². The van der Waals surface area contributed by atoms with E-state index >= 15 is 0 Å². The first-order chi connectivity index (χ1) is 12.9. The second kappa shape index (κ2) is 8.08. The molecule has 144 valence electrons. The monoisotopic (exact) mass is 394 g/mol. The summed E-state index contributed by atoms with van der Waals surface area (Å²) >= 11 is 6.13. The van der Waals surface area contributed by atoms with E-state index in [1.165, 1.54) is 18.2 Å². The molecule has 1 unspecified atom stereocenters. The van der Waals surface area contributed by atoms with E-state index in [-0.39, 0.29) is 51.9 Å². The zero-order valence-corrected chi connectivity index (χ0v) is 15.9. The van der Waals surface area contributed by atoms with Crippen molar-refractivity contribution in [2.45, 2.75) is 26.7 Å². The van der Waals surface area contributed by atoms with Crippen molar-refractivity contribution in [3.63, 3.8) is 0 Å². The summed E-state index contributed by atoms with van der Waals surface area (Å²) < 4.78 is 24.6. The van der Waals surface area contributed by atoms with E-state index in [1.807, 2.05) is 0 Å². The number of amides is 1. The van der Waals surface area contributed by atoms with Crippen LogP contribution in [-0.4, -0.2) is 41.6 Å². The highest BCUT2D eigenvalue weighted by atomic mass is 35.5. The molecule has 0 spiro atoms. The Morgan fingerprint density at radius 3 is 2.93 bits per heavy atom. The lowest BCUT2D eigenvalue weighted by atomic mass is 9.96.